The van der Waals surface area contributed by atoms with Gasteiger partial charge in [0, 0.05) is 11.1 Å². The topological polar surface area (TPSA) is 65.0 Å². The zero-order chi connectivity index (χ0) is 16.6. The second kappa shape index (κ2) is 5.68. The summed E-state index contributed by atoms with van der Waals surface area (Å²) >= 11 is 0. The van der Waals surface area contributed by atoms with Crippen LogP contribution in [-0.4, -0.2) is 25.1 Å². The van der Waals surface area contributed by atoms with E-state index < -0.39 is 0 Å². The van der Waals surface area contributed by atoms with Crippen LogP contribution in [0.5, 0.6) is 23.0 Å². The van der Waals surface area contributed by atoms with Gasteiger partial charge in [0.05, 0.1) is 19.8 Å². The Bertz CT molecular complexity index is 820. The summed E-state index contributed by atoms with van der Waals surface area (Å²) in [4.78, 5) is 12.5. The van der Waals surface area contributed by atoms with Crippen molar-refractivity contribution in [2.45, 2.75) is 6.92 Å². The molecule has 0 atom stereocenters. The van der Waals surface area contributed by atoms with Crippen LogP contribution in [-0.2, 0) is 0 Å². The van der Waals surface area contributed by atoms with Crippen molar-refractivity contribution in [1.29, 1.82) is 0 Å². The standard InChI is InChI=1S/C18H16O5/c1-10-14(19)6-5-13-17(20)16(23-18(10)13)9-11-8-12(21-2)4-7-15(11)22-3/h4-9,19H,1-3H3. The third-order valence-corrected chi connectivity index (χ3v) is 3.78. The highest BCUT2D eigenvalue weighted by atomic mass is 16.5. The van der Waals surface area contributed by atoms with Crippen molar-refractivity contribution in [3.63, 3.8) is 0 Å². The van der Waals surface area contributed by atoms with Crippen LogP contribution in [0, 0.1) is 6.92 Å². The van der Waals surface area contributed by atoms with E-state index in [1.807, 2.05) is 0 Å². The molecule has 1 aliphatic rings. The van der Waals surface area contributed by atoms with Gasteiger partial charge in [0.25, 0.3) is 0 Å². The van der Waals surface area contributed by atoms with Gasteiger partial charge < -0.3 is 19.3 Å². The van der Waals surface area contributed by atoms with Crippen LogP contribution in [0.3, 0.4) is 0 Å². The molecule has 1 aliphatic heterocycles. The number of carbonyl (C=O) groups excluding carboxylic acids is 1. The Morgan fingerprint density at radius 2 is 1.91 bits per heavy atom. The number of carbonyl (C=O) groups is 1. The predicted molar refractivity (Wildman–Crippen MR) is 85.3 cm³/mol. The molecule has 1 N–H and O–H groups in total. The van der Waals surface area contributed by atoms with E-state index in [0.29, 0.717) is 33.9 Å². The molecule has 0 saturated heterocycles. The molecule has 5 heteroatoms. The molecular weight excluding hydrogens is 296 g/mol. The van der Waals surface area contributed by atoms with Crippen LogP contribution < -0.4 is 14.2 Å². The Hall–Kier alpha value is -2.95. The summed E-state index contributed by atoms with van der Waals surface area (Å²) in [5.41, 5.74) is 1.65. The van der Waals surface area contributed by atoms with Crippen LogP contribution in [0.4, 0.5) is 0 Å². The minimum Gasteiger partial charge on any atom is -0.508 e. The molecule has 0 fully saturated rings. The largest absolute Gasteiger partial charge is 0.508 e. The van der Waals surface area contributed by atoms with Crippen LogP contribution in [0.1, 0.15) is 21.5 Å². The number of hydrogen-bond acceptors (Lipinski definition) is 5. The number of hydrogen-bond donors (Lipinski definition) is 1. The minimum absolute atomic E-state index is 0.0942. The maximum Gasteiger partial charge on any atom is 0.231 e. The van der Waals surface area contributed by atoms with Gasteiger partial charge in [0.2, 0.25) is 5.78 Å². The van der Waals surface area contributed by atoms with E-state index in [2.05, 4.69) is 0 Å². The first kappa shape index (κ1) is 15.0. The van der Waals surface area contributed by atoms with Gasteiger partial charge in [-0.1, -0.05) is 0 Å². The Balaban J connectivity index is 2.06. The van der Waals surface area contributed by atoms with E-state index >= 15 is 0 Å². The fourth-order valence-electron chi connectivity index (χ4n) is 2.47. The summed E-state index contributed by atoms with van der Waals surface area (Å²) in [5, 5.41) is 9.75. The molecule has 3 rings (SSSR count). The molecule has 0 bridgehead atoms. The Labute approximate surface area is 133 Å². The molecule has 2 aromatic rings. The SMILES string of the molecule is COc1ccc(OC)c(C=C2Oc3c(ccc(O)c3C)C2=O)c1. The number of phenols is 1. The van der Waals surface area contributed by atoms with Crippen molar-refractivity contribution in [3.05, 3.63) is 52.8 Å². The van der Waals surface area contributed by atoms with Gasteiger partial charge in [-0.2, -0.15) is 0 Å². The lowest BCUT2D eigenvalue weighted by molar-refractivity contribution is 0.101. The molecule has 2 aromatic carbocycles. The van der Waals surface area contributed by atoms with Gasteiger partial charge in [-0.15, -0.1) is 0 Å². The first-order valence-electron chi connectivity index (χ1n) is 7.04. The quantitative estimate of drug-likeness (QED) is 0.881. The van der Waals surface area contributed by atoms with Crippen molar-refractivity contribution in [2.24, 2.45) is 0 Å². The molecule has 118 valence electrons. The van der Waals surface area contributed by atoms with E-state index in [9.17, 15) is 9.90 Å². The smallest absolute Gasteiger partial charge is 0.231 e. The van der Waals surface area contributed by atoms with Gasteiger partial charge in [-0.3, -0.25) is 4.79 Å². The number of allylic oxidation sites excluding steroid dienone is 1. The third kappa shape index (κ3) is 2.50. The normalized spacial score (nSPS) is 14.6. The summed E-state index contributed by atoms with van der Waals surface area (Å²) in [7, 11) is 3.12. The molecule has 23 heavy (non-hydrogen) atoms. The molecular formula is C18H16O5. The fraction of sp³-hybridized carbons (Fsp3) is 0.167. The lowest BCUT2D eigenvalue weighted by atomic mass is 10.1. The number of phenolic OH excluding ortho intramolecular Hbond substituents is 1. The van der Waals surface area contributed by atoms with E-state index in [1.165, 1.54) is 6.07 Å². The first-order valence-corrected chi connectivity index (χ1v) is 7.04. The van der Waals surface area contributed by atoms with Gasteiger partial charge in [0.15, 0.2) is 5.76 Å². The molecule has 1 heterocycles. The van der Waals surface area contributed by atoms with Gasteiger partial charge in [0.1, 0.15) is 23.0 Å². The number of Topliss-reactive ketones (excluding diaryl/α,β-unsaturated/α-hetero) is 1. The Morgan fingerprint density at radius 1 is 1.13 bits per heavy atom. The monoisotopic (exact) mass is 312 g/mol. The molecule has 0 radical (unpaired) electrons. The maximum atomic E-state index is 12.5. The van der Waals surface area contributed by atoms with Crippen molar-refractivity contribution in [2.75, 3.05) is 14.2 Å². The first-order chi connectivity index (χ1) is 11.0. The maximum absolute atomic E-state index is 12.5. The van der Waals surface area contributed by atoms with Crippen molar-refractivity contribution < 1.29 is 24.1 Å². The molecule has 5 nitrogen and oxygen atoms in total. The summed E-state index contributed by atoms with van der Waals surface area (Å²) in [6, 6.07) is 8.34. The minimum atomic E-state index is -0.229. The van der Waals surface area contributed by atoms with E-state index in [1.54, 1.807) is 51.5 Å². The van der Waals surface area contributed by atoms with E-state index in [0.717, 1.165) is 0 Å². The second-order valence-electron chi connectivity index (χ2n) is 5.13. The van der Waals surface area contributed by atoms with E-state index in [4.69, 9.17) is 14.2 Å². The highest BCUT2D eigenvalue weighted by molar-refractivity contribution is 6.15. The summed E-state index contributed by atoms with van der Waals surface area (Å²) in [6.45, 7) is 1.70. The van der Waals surface area contributed by atoms with Crippen LogP contribution in [0.25, 0.3) is 6.08 Å². The number of aromatic hydroxyl groups is 1. The number of rotatable bonds is 3. The molecule has 0 aliphatic carbocycles. The number of benzene rings is 2. The zero-order valence-corrected chi connectivity index (χ0v) is 13.0. The lowest BCUT2D eigenvalue weighted by Gasteiger charge is -2.08. The highest BCUT2D eigenvalue weighted by Gasteiger charge is 2.30. The summed E-state index contributed by atoms with van der Waals surface area (Å²) in [6.07, 6.45) is 1.61. The number of ketones is 1. The van der Waals surface area contributed by atoms with E-state index in [-0.39, 0.29) is 17.3 Å². The van der Waals surface area contributed by atoms with Crippen LogP contribution >= 0.6 is 0 Å². The Morgan fingerprint density at radius 3 is 2.61 bits per heavy atom. The second-order valence-corrected chi connectivity index (χ2v) is 5.13. The van der Waals surface area contributed by atoms with Crippen LogP contribution in [0.2, 0.25) is 0 Å². The van der Waals surface area contributed by atoms with Gasteiger partial charge in [-0.05, 0) is 43.3 Å². The van der Waals surface area contributed by atoms with Gasteiger partial charge >= 0.3 is 0 Å². The number of methoxy groups -OCH3 is 2. The van der Waals surface area contributed by atoms with Crippen molar-refractivity contribution in [1.82, 2.24) is 0 Å². The molecule has 0 amide bonds. The molecule has 0 spiro atoms. The molecule has 0 saturated carbocycles. The molecule has 0 aromatic heterocycles. The van der Waals surface area contributed by atoms with Gasteiger partial charge in [-0.25, -0.2) is 0 Å². The molecule has 0 unspecified atom stereocenters. The van der Waals surface area contributed by atoms with Crippen LogP contribution in [0.15, 0.2) is 36.1 Å². The summed E-state index contributed by atoms with van der Waals surface area (Å²) in [5.74, 6) is 1.69. The number of fused-ring (bicyclic) bond motifs is 1. The average molecular weight is 312 g/mol. The average Bonchev–Trinajstić information content (AvgIpc) is 2.88. The lowest BCUT2D eigenvalue weighted by Crippen LogP contribution is -1.99. The fourth-order valence-corrected chi connectivity index (χ4v) is 2.47. The van der Waals surface area contributed by atoms with Crippen molar-refractivity contribution in [3.8, 4) is 23.0 Å². The third-order valence-electron chi connectivity index (χ3n) is 3.78. The summed E-state index contributed by atoms with van der Waals surface area (Å²) < 4.78 is 16.2. The zero-order valence-electron chi connectivity index (χ0n) is 13.0. The number of ether oxygens (including phenoxy) is 3. The highest BCUT2D eigenvalue weighted by Crippen LogP contribution is 2.39. The predicted octanol–water partition coefficient (Wildman–Crippen LogP) is 3.33. The Kier molecular flexibility index (Phi) is 3.70. The van der Waals surface area contributed by atoms with Crippen molar-refractivity contribution >= 4 is 11.9 Å².